The molecule has 1 atom stereocenters. The van der Waals surface area contributed by atoms with E-state index in [4.69, 9.17) is 4.74 Å². The van der Waals surface area contributed by atoms with Crippen molar-refractivity contribution in [1.29, 1.82) is 0 Å². The van der Waals surface area contributed by atoms with Crippen molar-refractivity contribution in [2.45, 2.75) is 36.7 Å². The molecule has 8 nitrogen and oxygen atoms in total. The van der Waals surface area contributed by atoms with Crippen LogP contribution < -0.4 is 4.74 Å². The number of hydrogen-bond acceptors (Lipinski definition) is 6. The van der Waals surface area contributed by atoms with Crippen LogP contribution in [0.2, 0.25) is 0 Å². The zero-order valence-corrected chi connectivity index (χ0v) is 16.5. The van der Waals surface area contributed by atoms with Gasteiger partial charge in [0.05, 0.1) is 18.0 Å². The molecule has 2 aliphatic rings. The maximum Gasteiger partial charge on any atom is 0.243 e. The van der Waals surface area contributed by atoms with Gasteiger partial charge in [0, 0.05) is 26.1 Å². The first-order chi connectivity index (χ1) is 13.0. The highest BCUT2D eigenvalue weighted by Crippen LogP contribution is 2.30. The second-order valence-electron chi connectivity index (χ2n) is 7.09. The van der Waals surface area contributed by atoms with Crippen LogP contribution in [-0.2, 0) is 23.0 Å². The van der Waals surface area contributed by atoms with Gasteiger partial charge in [-0.25, -0.2) is 8.42 Å². The van der Waals surface area contributed by atoms with Crippen LogP contribution in [0.4, 0.5) is 0 Å². The number of sulfonamides is 1. The summed E-state index contributed by atoms with van der Waals surface area (Å²) in [5, 5.41) is 8.78. The molecule has 2 aliphatic heterocycles. The average Bonchev–Trinajstić information content (AvgIpc) is 3.20. The third kappa shape index (κ3) is 3.35. The molecule has 0 N–H and O–H groups in total. The Bertz CT molecular complexity index is 910. The van der Waals surface area contributed by atoms with Crippen molar-refractivity contribution in [2.24, 2.45) is 0 Å². The predicted octanol–water partition coefficient (Wildman–Crippen LogP) is 1.30. The number of ether oxygens (including phenoxy) is 1. The largest absolute Gasteiger partial charge is 0.497 e. The molecule has 0 radical (unpaired) electrons. The highest BCUT2D eigenvalue weighted by Gasteiger charge is 2.32. The predicted molar refractivity (Wildman–Crippen MR) is 100 cm³/mol. The van der Waals surface area contributed by atoms with Crippen molar-refractivity contribution in [1.82, 2.24) is 24.0 Å². The Morgan fingerprint density at radius 1 is 1.07 bits per heavy atom. The van der Waals surface area contributed by atoms with Gasteiger partial charge >= 0.3 is 0 Å². The van der Waals surface area contributed by atoms with E-state index in [9.17, 15) is 8.42 Å². The van der Waals surface area contributed by atoms with Crippen molar-refractivity contribution in [3.05, 3.63) is 35.9 Å². The van der Waals surface area contributed by atoms with Crippen LogP contribution >= 0.6 is 0 Å². The smallest absolute Gasteiger partial charge is 0.243 e. The Hall–Kier alpha value is -1.97. The van der Waals surface area contributed by atoms with E-state index in [-0.39, 0.29) is 10.9 Å². The second kappa shape index (κ2) is 7.21. The number of fused-ring (bicyclic) bond motifs is 1. The summed E-state index contributed by atoms with van der Waals surface area (Å²) in [7, 11) is 0.127. The van der Waals surface area contributed by atoms with E-state index >= 15 is 0 Å². The first-order valence-corrected chi connectivity index (χ1v) is 10.7. The first-order valence-electron chi connectivity index (χ1n) is 9.27. The van der Waals surface area contributed by atoms with E-state index in [1.807, 2.05) is 0 Å². The summed E-state index contributed by atoms with van der Waals surface area (Å²) in [6.45, 7) is 2.47. The number of benzene rings is 1. The molecule has 27 heavy (non-hydrogen) atoms. The van der Waals surface area contributed by atoms with Gasteiger partial charge in [-0.15, -0.1) is 10.2 Å². The minimum Gasteiger partial charge on any atom is -0.497 e. The van der Waals surface area contributed by atoms with Crippen molar-refractivity contribution >= 4 is 10.0 Å². The van der Waals surface area contributed by atoms with Crippen molar-refractivity contribution < 1.29 is 13.2 Å². The topological polar surface area (TPSA) is 80.6 Å². The van der Waals surface area contributed by atoms with E-state index in [1.54, 1.807) is 35.7 Å². The summed E-state index contributed by atoms with van der Waals surface area (Å²) in [6, 6.07) is 6.81. The zero-order valence-electron chi connectivity index (χ0n) is 15.7. The standard InChI is InChI=1S/C18H25N5O3S/c1-21-10-3-4-16(21)18-20-19-17-9-11-22(12-13-23(17)18)27(24,25)15-7-5-14(26-2)6-8-15/h5-8,16H,3-4,9-13H2,1-2H3/t16-/m0/s1. The van der Waals surface area contributed by atoms with E-state index in [0.717, 1.165) is 31.0 Å². The Morgan fingerprint density at radius 2 is 1.85 bits per heavy atom. The fraction of sp³-hybridized carbons (Fsp3) is 0.556. The van der Waals surface area contributed by atoms with Gasteiger partial charge in [0.15, 0.2) is 0 Å². The molecule has 4 rings (SSSR count). The molecule has 9 heteroatoms. The molecule has 1 fully saturated rings. The Labute approximate surface area is 159 Å². The van der Waals surface area contributed by atoms with Crippen LogP contribution in [0.1, 0.15) is 30.5 Å². The molecule has 0 bridgehead atoms. The fourth-order valence-corrected chi connectivity index (χ4v) is 5.38. The zero-order chi connectivity index (χ0) is 19.0. The summed E-state index contributed by atoms with van der Waals surface area (Å²) < 4.78 is 34.9. The highest BCUT2D eigenvalue weighted by molar-refractivity contribution is 7.89. The van der Waals surface area contributed by atoms with Gasteiger partial charge in [0.2, 0.25) is 10.0 Å². The number of nitrogens with zero attached hydrogens (tertiary/aromatic N) is 5. The van der Waals surface area contributed by atoms with Gasteiger partial charge in [-0.2, -0.15) is 4.31 Å². The summed E-state index contributed by atoms with van der Waals surface area (Å²) in [6.07, 6.45) is 2.79. The number of methoxy groups -OCH3 is 1. The molecule has 0 aliphatic carbocycles. The van der Waals surface area contributed by atoms with Crippen LogP contribution in [0, 0.1) is 0 Å². The normalized spacial score (nSPS) is 21.8. The van der Waals surface area contributed by atoms with E-state index in [1.165, 1.54) is 0 Å². The maximum atomic E-state index is 13.0. The molecule has 0 saturated carbocycles. The van der Waals surface area contributed by atoms with Crippen molar-refractivity contribution in [3.8, 4) is 5.75 Å². The summed E-state index contributed by atoms with van der Waals surface area (Å²) in [5.74, 6) is 2.48. The molecule has 1 aromatic heterocycles. The van der Waals surface area contributed by atoms with Gasteiger partial charge in [0.1, 0.15) is 17.4 Å². The second-order valence-corrected chi connectivity index (χ2v) is 9.03. The lowest BCUT2D eigenvalue weighted by atomic mass is 10.2. The molecule has 0 spiro atoms. The minimum atomic E-state index is -3.54. The summed E-state index contributed by atoms with van der Waals surface area (Å²) in [4.78, 5) is 2.59. The van der Waals surface area contributed by atoms with Gasteiger partial charge in [-0.3, -0.25) is 4.90 Å². The number of aromatic nitrogens is 3. The Kier molecular flexibility index (Phi) is 4.92. The first kappa shape index (κ1) is 18.4. The maximum absolute atomic E-state index is 13.0. The lowest BCUT2D eigenvalue weighted by Gasteiger charge is -2.21. The SMILES string of the molecule is COc1ccc(S(=O)(=O)N2CCc3nnc([C@@H]4CCCN4C)n3CC2)cc1. The van der Waals surface area contributed by atoms with Crippen LogP contribution in [0.15, 0.2) is 29.2 Å². The Morgan fingerprint density at radius 3 is 2.52 bits per heavy atom. The van der Waals surface area contributed by atoms with Crippen LogP contribution in [0.5, 0.6) is 5.75 Å². The molecule has 1 saturated heterocycles. The van der Waals surface area contributed by atoms with Gasteiger partial charge in [-0.1, -0.05) is 0 Å². The third-order valence-electron chi connectivity index (χ3n) is 5.53. The lowest BCUT2D eigenvalue weighted by Crippen LogP contribution is -2.34. The van der Waals surface area contributed by atoms with Crippen LogP contribution in [0.3, 0.4) is 0 Å². The third-order valence-corrected chi connectivity index (χ3v) is 7.44. The molecular formula is C18H25N5O3S. The molecule has 1 aromatic carbocycles. The number of likely N-dealkylation sites (tertiary alicyclic amines) is 1. The van der Waals surface area contributed by atoms with Crippen LogP contribution in [-0.4, -0.2) is 66.2 Å². The van der Waals surface area contributed by atoms with Gasteiger partial charge in [0.25, 0.3) is 0 Å². The Balaban J connectivity index is 1.55. The van der Waals surface area contributed by atoms with E-state index < -0.39 is 10.0 Å². The average molecular weight is 391 g/mol. The van der Waals surface area contributed by atoms with Crippen LogP contribution in [0.25, 0.3) is 0 Å². The number of hydrogen-bond donors (Lipinski definition) is 0. The van der Waals surface area contributed by atoms with E-state index in [0.29, 0.717) is 31.8 Å². The van der Waals surface area contributed by atoms with Gasteiger partial charge < -0.3 is 9.30 Å². The molecule has 2 aromatic rings. The van der Waals surface area contributed by atoms with Crippen molar-refractivity contribution in [2.75, 3.05) is 33.8 Å². The quantitative estimate of drug-likeness (QED) is 0.782. The molecular weight excluding hydrogens is 366 g/mol. The molecule has 146 valence electrons. The van der Waals surface area contributed by atoms with Crippen molar-refractivity contribution in [3.63, 3.8) is 0 Å². The minimum absolute atomic E-state index is 0.274. The fourth-order valence-electron chi connectivity index (χ4n) is 3.95. The molecule has 0 unspecified atom stereocenters. The summed E-state index contributed by atoms with van der Waals surface area (Å²) in [5.41, 5.74) is 0. The molecule has 3 heterocycles. The molecule has 0 amide bonds. The van der Waals surface area contributed by atoms with Gasteiger partial charge in [-0.05, 0) is 50.7 Å². The lowest BCUT2D eigenvalue weighted by molar-refractivity contribution is 0.295. The summed E-state index contributed by atoms with van der Waals surface area (Å²) >= 11 is 0. The number of rotatable bonds is 4. The highest BCUT2D eigenvalue weighted by atomic mass is 32.2. The monoisotopic (exact) mass is 391 g/mol. The van der Waals surface area contributed by atoms with E-state index in [2.05, 4.69) is 26.7 Å².